The molecule has 1 aromatic carbocycles. The topological polar surface area (TPSA) is 65.9 Å². The first-order valence-corrected chi connectivity index (χ1v) is 14.1. The summed E-state index contributed by atoms with van der Waals surface area (Å²) in [5.74, 6) is 0.815. The number of hydrogen-bond donors (Lipinski definition) is 1. The molecule has 3 heterocycles. The summed E-state index contributed by atoms with van der Waals surface area (Å²) >= 11 is 3.58. The smallest absolute Gasteiger partial charge is 0.309 e. The Labute approximate surface area is 220 Å². The fraction of sp³-hybridized carbons (Fsp3) is 0.481. The number of carbonyl (C=O) groups is 1. The van der Waals surface area contributed by atoms with E-state index in [0.29, 0.717) is 47.2 Å². The maximum Gasteiger partial charge on any atom is 0.309 e. The van der Waals surface area contributed by atoms with Crippen LogP contribution >= 0.6 is 23.1 Å². The van der Waals surface area contributed by atoms with Crippen LogP contribution in [0, 0.1) is 5.41 Å². The number of rotatable bonds is 11. The molecule has 0 radical (unpaired) electrons. The minimum Gasteiger partial charge on any atom is -0.497 e. The number of anilines is 1. The molecule has 6 nitrogen and oxygen atoms in total. The summed E-state index contributed by atoms with van der Waals surface area (Å²) in [6, 6.07) is 9.64. The van der Waals surface area contributed by atoms with Crippen LogP contribution in [0.4, 0.5) is 10.1 Å². The monoisotopic (exact) mass is 531 g/mol. The largest absolute Gasteiger partial charge is 0.497 e. The number of fused-ring (bicyclic) bond motifs is 1. The first-order valence-electron chi connectivity index (χ1n) is 12.2. The lowest BCUT2D eigenvalue weighted by atomic mass is 9.74. The third-order valence-corrected chi connectivity index (χ3v) is 9.29. The van der Waals surface area contributed by atoms with Crippen molar-refractivity contribution in [2.45, 2.75) is 36.1 Å². The molecule has 36 heavy (non-hydrogen) atoms. The Morgan fingerprint density at radius 1 is 1.33 bits per heavy atom. The molecule has 194 valence electrons. The van der Waals surface area contributed by atoms with E-state index in [1.165, 1.54) is 4.21 Å². The lowest BCUT2D eigenvalue weighted by Gasteiger charge is -2.39. The number of methoxy groups -OCH3 is 1. The fourth-order valence-electron chi connectivity index (χ4n) is 4.94. The molecule has 9 heteroatoms. The predicted molar refractivity (Wildman–Crippen MR) is 146 cm³/mol. The maximum atomic E-state index is 16.0. The zero-order valence-corrected chi connectivity index (χ0v) is 22.7. The number of halogens is 1. The van der Waals surface area contributed by atoms with Crippen LogP contribution in [0.25, 0.3) is 10.9 Å². The van der Waals surface area contributed by atoms with E-state index in [1.54, 1.807) is 24.6 Å². The van der Waals surface area contributed by atoms with E-state index in [2.05, 4.69) is 27.4 Å². The Hall–Kier alpha value is -2.36. The van der Waals surface area contributed by atoms with E-state index >= 15 is 4.39 Å². The number of carboxylic acid groups (broad SMARTS) is 1. The molecule has 0 bridgehead atoms. The molecule has 1 N–H and O–H groups in total. The number of alkyl halides is 1. The average molecular weight is 532 g/mol. The number of nitrogens with zero attached hydrogens (tertiary/aromatic N) is 3. The van der Waals surface area contributed by atoms with Crippen molar-refractivity contribution in [2.24, 2.45) is 5.41 Å². The number of likely N-dealkylation sites (tertiary alicyclic amines) is 1. The van der Waals surface area contributed by atoms with Crippen molar-refractivity contribution in [3.63, 3.8) is 0 Å². The first kappa shape index (κ1) is 26.7. The van der Waals surface area contributed by atoms with E-state index < -0.39 is 17.6 Å². The van der Waals surface area contributed by atoms with Crippen LogP contribution in [-0.4, -0.2) is 67.6 Å². The molecule has 0 amide bonds. The quantitative estimate of drug-likeness (QED) is 0.299. The molecular weight excluding hydrogens is 497 g/mol. The van der Waals surface area contributed by atoms with E-state index in [1.807, 2.05) is 49.0 Å². The first-order chi connectivity index (χ1) is 17.3. The van der Waals surface area contributed by atoms with Gasteiger partial charge in [-0.2, -0.15) is 0 Å². The summed E-state index contributed by atoms with van der Waals surface area (Å²) in [6.45, 7) is 2.39. The Bertz CT molecular complexity index is 1160. The van der Waals surface area contributed by atoms with E-state index in [-0.39, 0.29) is 6.42 Å². The standard InChI is InChI=1S/C27H34FN3O3S2/c1-30(2)23-18-29-22-7-6-19(34-3)17-20(22)25(23)21(28)8-9-27(26(32)33)10-12-31(13-11-27)14-16-36-24-5-4-15-35-24/h4-7,15,17-18,21H,8-14,16H2,1-3H3,(H,32,33). The number of ether oxygens (including phenoxy) is 1. The number of hydrogen-bond acceptors (Lipinski definition) is 7. The zero-order chi connectivity index (χ0) is 25.7. The highest BCUT2D eigenvalue weighted by Gasteiger charge is 2.41. The molecule has 1 aliphatic heterocycles. The number of thioether (sulfide) groups is 1. The normalized spacial score (nSPS) is 16.7. The molecule has 0 saturated carbocycles. The highest BCUT2D eigenvalue weighted by molar-refractivity contribution is 8.01. The number of aliphatic carboxylic acids is 1. The number of thiophene rings is 1. The second kappa shape index (κ2) is 11.8. The van der Waals surface area contributed by atoms with Gasteiger partial charge in [0, 0.05) is 37.3 Å². The summed E-state index contributed by atoms with van der Waals surface area (Å²) in [6.07, 6.45) is 1.93. The molecule has 1 aliphatic rings. The van der Waals surface area contributed by atoms with Crippen LogP contribution < -0.4 is 9.64 Å². The Kier molecular flexibility index (Phi) is 8.74. The lowest BCUT2D eigenvalue weighted by molar-refractivity contribution is -0.153. The van der Waals surface area contributed by atoms with Gasteiger partial charge < -0.3 is 19.6 Å². The van der Waals surface area contributed by atoms with Crippen LogP contribution in [0.1, 0.15) is 37.4 Å². The van der Waals surface area contributed by atoms with Crippen molar-refractivity contribution in [1.82, 2.24) is 9.88 Å². The molecule has 4 rings (SSSR count). The van der Waals surface area contributed by atoms with Gasteiger partial charge in [0.2, 0.25) is 0 Å². The van der Waals surface area contributed by atoms with E-state index in [0.717, 1.165) is 25.4 Å². The summed E-state index contributed by atoms with van der Waals surface area (Å²) in [4.78, 5) is 21.1. The second-order valence-corrected chi connectivity index (χ2v) is 11.9. The van der Waals surface area contributed by atoms with Gasteiger partial charge in [0.15, 0.2) is 0 Å². The second-order valence-electron chi connectivity index (χ2n) is 9.55. The lowest BCUT2D eigenvalue weighted by Crippen LogP contribution is -2.45. The SMILES string of the molecule is COc1ccc2ncc(N(C)C)c(C(F)CCC3(C(=O)O)CCN(CCSc4cccs4)CC3)c2c1. The summed E-state index contributed by atoms with van der Waals surface area (Å²) in [5, 5.41) is 12.9. The van der Waals surface area contributed by atoms with Gasteiger partial charge in [0.25, 0.3) is 0 Å². The number of benzene rings is 1. The van der Waals surface area contributed by atoms with Crippen LogP contribution in [0.5, 0.6) is 5.75 Å². The van der Waals surface area contributed by atoms with Gasteiger partial charge in [-0.05, 0) is 68.4 Å². The number of carboxylic acids is 1. The van der Waals surface area contributed by atoms with Gasteiger partial charge in [-0.3, -0.25) is 9.78 Å². The molecule has 2 aromatic heterocycles. The van der Waals surface area contributed by atoms with Crippen LogP contribution in [0.15, 0.2) is 46.1 Å². The number of pyridine rings is 1. The van der Waals surface area contributed by atoms with Crippen molar-refractivity contribution >= 4 is 45.7 Å². The van der Waals surface area contributed by atoms with Gasteiger partial charge in [-0.1, -0.05) is 6.07 Å². The van der Waals surface area contributed by atoms with Gasteiger partial charge in [-0.25, -0.2) is 4.39 Å². The molecule has 0 aliphatic carbocycles. The van der Waals surface area contributed by atoms with Crippen LogP contribution in [0.3, 0.4) is 0 Å². The van der Waals surface area contributed by atoms with Crippen LogP contribution in [0.2, 0.25) is 0 Å². The highest BCUT2D eigenvalue weighted by Crippen LogP contribution is 2.43. The molecule has 1 unspecified atom stereocenters. The van der Waals surface area contributed by atoms with Gasteiger partial charge in [0.1, 0.15) is 11.9 Å². The number of piperidine rings is 1. The Balaban J connectivity index is 1.44. The average Bonchev–Trinajstić information content (AvgIpc) is 3.40. The third-order valence-electron chi connectivity index (χ3n) is 7.18. The van der Waals surface area contributed by atoms with Crippen molar-refractivity contribution in [3.8, 4) is 5.75 Å². The Morgan fingerprint density at radius 3 is 2.75 bits per heavy atom. The van der Waals surface area contributed by atoms with Gasteiger partial charge >= 0.3 is 5.97 Å². The predicted octanol–water partition coefficient (Wildman–Crippen LogP) is 6.12. The molecule has 0 spiro atoms. The van der Waals surface area contributed by atoms with E-state index in [9.17, 15) is 9.90 Å². The summed E-state index contributed by atoms with van der Waals surface area (Å²) < 4.78 is 22.7. The van der Waals surface area contributed by atoms with Gasteiger partial charge in [0.05, 0.1) is 34.1 Å². The molecule has 1 atom stereocenters. The molecule has 1 fully saturated rings. The maximum absolute atomic E-state index is 16.0. The fourth-order valence-corrected chi connectivity index (χ4v) is 6.80. The molecule has 1 saturated heterocycles. The van der Waals surface area contributed by atoms with Crippen molar-refractivity contribution in [3.05, 3.63) is 47.5 Å². The van der Waals surface area contributed by atoms with Crippen molar-refractivity contribution < 1.29 is 19.0 Å². The number of aromatic nitrogens is 1. The molecular formula is C27H34FN3O3S2. The molecule has 3 aromatic rings. The minimum absolute atomic E-state index is 0.150. The van der Waals surface area contributed by atoms with Crippen LogP contribution in [-0.2, 0) is 4.79 Å². The van der Waals surface area contributed by atoms with E-state index in [4.69, 9.17) is 4.74 Å². The summed E-state index contributed by atoms with van der Waals surface area (Å²) in [7, 11) is 5.32. The van der Waals surface area contributed by atoms with Crippen molar-refractivity contribution in [1.29, 1.82) is 0 Å². The minimum atomic E-state index is -1.31. The zero-order valence-electron chi connectivity index (χ0n) is 21.1. The highest BCUT2D eigenvalue weighted by atomic mass is 32.2. The van der Waals surface area contributed by atoms with Gasteiger partial charge in [-0.15, -0.1) is 23.1 Å². The Morgan fingerprint density at radius 2 is 2.11 bits per heavy atom. The third kappa shape index (κ3) is 5.95. The van der Waals surface area contributed by atoms with Crippen molar-refractivity contribution in [2.75, 3.05) is 51.5 Å². The summed E-state index contributed by atoms with van der Waals surface area (Å²) in [5.41, 5.74) is 1.06.